The van der Waals surface area contributed by atoms with E-state index in [1.54, 1.807) is 18.9 Å². The Kier molecular flexibility index (Phi) is 4.38. The van der Waals surface area contributed by atoms with E-state index in [4.69, 9.17) is 9.72 Å². The molecule has 1 aromatic carbocycles. The van der Waals surface area contributed by atoms with Gasteiger partial charge in [-0.15, -0.1) is 10.2 Å². The molecule has 0 saturated carbocycles. The molecule has 0 aliphatic rings. The van der Waals surface area contributed by atoms with Gasteiger partial charge >= 0.3 is 0 Å². The average molecular weight is 365 g/mol. The molecule has 0 fully saturated rings. The fourth-order valence-corrected chi connectivity index (χ4v) is 3.71. The number of aryl methyl sites for hydroxylation is 1. The lowest BCUT2D eigenvalue weighted by Gasteiger charge is -2.07. The quantitative estimate of drug-likeness (QED) is 0.504. The maximum absolute atomic E-state index is 5.44. The highest BCUT2D eigenvalue weighted by Gasteiger charge is 2.15. The number of benzene rings is 1. The molecule has 0 aliphatic carbocycles. The first-order valence-electron chi connectivity index (χ1n) is 8.26. The van der Waals surface area contributed by atoms with Crippen LogP contribution in [-0.4, -0.2) is 31.3 Å². The number of methoxy groups -OCH3 is 1. The van der Waals surface area contributed by atoms with Crippen LogP contribution in [0.15, 0.2) is 53.9 Å². The largest absolute Gasteiger partial charge is 0.496 e. The number of thioether (sulfide) groups is 1. The van der Waals surface area contributed by atoms with Gasteiger partial charge in [0.15, 0.2) is 11.0 Å². The van der Waals surface area contributed by atoms with E-state index in [-0.39, 0.29) is 0 Å². The van der Waals surface area contributed by atoms with Crippen molar-refractivity contribution in [2.75, 3.05) is 7.11 Å². The molecular weight excluding hydrogens is 346 g/mol. The van der Waals surface area contributed by atoms with Gasteiger partial charge in [-0.25, -0.2) is 4.98 Å². The summed E-state index contributed by atoms with van der Waals surface area (Å²) in [6.45, 7) is 2.07. The average Bonchev–Trinajstić information content (AvgIpc) is 3.24. The summed E-state index contributed by atoms with van der Waals surface area (Å²) in [4.78, 5) is 4.71. The molecule has 0 bridgehead atoms. The van der Waals surface area contributed by atoms with Crippen molar-refractivity contribution >= 4 is 17.4 Å². The van der Waals surface area contributed by atoms with E-state index in [2.05, 4.69) is 33.8 Å². The predicted molar refractivity (Wildman–Crippen MR) is 102 cm³/mol. The van der Waals surface area contributed by atoms with Gasteiger partial charge < -0.3 is 13.7 Å². The van der Waals surface area contributed by atoms with Gasteiger partial charge in [-0.2, -0.15) is 0 Å². The molecule has 3 aromatic heterocycles. The number of nitrogens with zero attached hydrogens (tertiary/aromatic N) is 5. The molecule has 0 N–H and O–H groups in total. The summed E-state index contributed by atoms with van der Waals surface area (Å²) in [5.74, 6) is 2.31. The highest BCUT2D eigenvalue weighted by Crippen LogP contribution is 2.30. The van der Waals surface area contributed by atoms with Crippen molar-refractivity contribution in [3.05, 3.63) is 60.0 Å². The van der Waals surface area contributed by atoms with Crippen LogP contribution < -0.4 is 4.74 Å². The first-order chi connectivity index (χ1) is 12.7. The summed E-state index contributed by atoms with van der Waals surface area (Å²) in [7, 11) is 3.63. The Morgan fingerprint density at radius 2 is 1.96 bits per heavy atom. The predicted octanol–water partition coefficient (Wildman–Crippen LogP) is 3.74. The number of para-hydroxylation sites is 1. The van der Waals surface area contributed by atoms with Crippen LogP contribution in [0.1, 0.15) is 11.3 Å². The van der Waals surface area contributed by atoms with Crippen LogP contribution in [0.5, 0.6) is 5.75 Å². The maximum atomic E-state index is 5.44. The number of aromatic nitrogens is 5. The van der Waals surface area contributed by atoms with Crippen molar-refractivity contribution in [3.8, 4) is 17.1 Å². The van der Waals surface area contributed by atoms with Crippen molar-refractivity contribution in [1.82, 2.24) is 24.1 Å². The summed E-state index contributed by atoms with van der Waals surface area (Å²) in [5, 5.41) is 9.54. The number of ether oxygens (including phenoxy) is 1. The molecule has 6 nitrogen and oxygen atoms in total. The smallest absolute Gasteiger partial charge is 0.191 e. The van der Waals surface area contributed by atoms with E-state index < -0.39 is 0 Å². The van der Waals surface area contributed by atoms with Gasteiger partial charge in [-0.1, -0.05) is 30.0 Å². The highest BCUT2D eigenvalue weighted by molar-refractivity contribution is 7.98. The first kappa shape index (κ1) is 16.7. The van der Waals surface area contributed by atoms with Gasteiger partial charge in [0.1, 0.15) is 11.4 Å². The number of rotatable bonds is 5. The van der Waals surface area contributed by atoms with Crippen molar-refractivity contribution in [2.45, 2.75) is 17.8 Å². The topological polar surface area (TPSA) is 57.2 Å². The molecule has 0 saturated heterocycles. The Hall–Kier alpha value is -2.80. The van der Waals surface area contributed by atoms with Crippen molar-refractivity contribution in [3.63, 3.8) is 0 Å². The molecule has 0 radical (unpaired) electrons. The number of hydrogen-bond donors (Lipinski definition) is 0. The Morgan fingerprint density at radius 3 is 2.77 bits per heavy atom. The number of imidazole rings is 1. The molecule has 0 unspecified atom stereocenters. The van der Waals surface area contributed by atoms with Gasteiger partial charge in [0.25, 0.3) is 0 Å². The lowest BCUT2D eigenvalue weighted by atomic mass is 10.2. The Labute approximate surface area is 155 Å². The van der Waals surface area contributed by atoms with Gasteiger partial charge in [0.05, 0.1) is 18.4 Å². The van der Waals surface area contributed by atoms with Gasteiger partial charge in [-0.05, 0) is 30.7 Å². The second kappa shape index (κ2) is 6.84. The molecule has 4 rings (SSSR count). The fourth-order valence-electron chi connectivity index (χ4n) is 2.92. The Bertz CT molecular complexity index is 1070. The van der Waals surface area contributed by atoms with Crippen molar-refractivity contribution in [2.24, 2.45) is 7.05 Å². The van der Waals surface area contributed by atoms with Crippen LogP contribution in [0.2, 0.25) is 0 Å². The van der Waals surface area contributed by atoms with E-state index in [1.165, 1.54) is 5.56 Å². The minimum absolute atomic E-state index is 0.735. The highest BCUT2D eigenvalue weighted by atomic mass is 32.2. The maximum Gasteiger partial charge on any atom is 0.191 e. The monoisotopic (exact) mass is 365 g/mol. The number of hydrogen-bond acceptors (Lipinski definition) is 5. The molecular formula is C19H19N5OS. The standard InChI is InChI=1S/C19H19N5OS/c1-13-7-6-10-24-11-14(20-17(13)24)12-26-19-22-21-18(23(19)2)15-8-4-5-9-16(15)25-3/h4-11H,12H2,1-3H3. The molecule has 0 amide bonds. The van der Waals surface area contributed by atoms with E-state index in [9.17, 15) is 0 Å². The molecule has 3 heterocycles. The zero-order valence-corrected chi connectivity index (χ0v) is 15.7. The zero-order chi connectivity index (χ0) is 18.1. The second-order valence-corrected chi connectivity index (χ2v) is 6.95. The van der Waals surface area contributed by atoms with Crippen LogP contribution in [0, 0.1) is 6.92 Å². The summed E-state index contributed by atoms with van der Waals surface area (Å²) >= 11 is 1.62. The van der Waals surface area contributed by atoms with Crippen LogP contribution >= 0.6 is 11.8 Å². The fraction of sp³-hybridized carbons (Fsp3) is 0.211. The van der Waals surface area contributed by atoms with E-state index in [0.717, 1.165) is 39.4 Å². The number of fused-ring (bicyclic) bond motifs is 1. The number of pyridine rings is 1. The van der Waals surface area contributed by atoms with Crippen molar-refractivity contribution < 1.29 is 4.74 Å². The molecule has 132 valence electrons. The van der Waals surface area contributed by atoms with Crippen LogP contribution in [0.3, 0.4) is 0 Å². The zero-order valence-electron chi connectivity index (χ0n) is 14.9. The molecule has 26 heavy (non-hydrogen) atoms. The van der Waals surface area contributed by atoms with Crippen LogP contribution in [0.4, 0.5) is 0 Å². The lowest BCUT2D eigenvalue weighted by molar-refractivity contribution is 0.416. The van der Waals surface area contributed by atoms with Gasteiger partial charge in [-0.3, -0.25) is 0 Å². The molecule has 4 aromatic rings. The molecule has 0 aliphatic heterocycles. The minimum atomic E-state index is 0.735. The van der Waals surface area contributed by atoms with Crippen LogP contribution in [0.25, 0.3) is 17.0 Å². The third-order valence-corrected chi connectivity index (χ3v) is 5.31. The van der Waals surface area contributed by atoms with Crippen LogP contribution in [-0.2, 0) is 12.8 Å². The third-order valence-electron chi connectivity index (χ3n) is 4.26. The Balaban J connectivity index is 1.57. The van der Waals surface area contributed by atoms with E-state index >= 15 is 0 Å². The minimum Gasteiger partial charge on any atom is -0.496 e. The first-order valence-corrected chi connectivity index (χ1v) is 9.24. The normalized spacial score (nSPS) is 11.2. The summed E-state index contributed by atoms with van der Waals surface area (Å²) < 4.78 is 9.48. The Morgan fingerprint density at radius 1 is 1.12 bits per heavy atom. The lowest BCUT2D eigenvalue weighted by Crippen LogP contribution is -1.97. The van der Waals surface area contributed by atoms with Gasteiger partial charge in [0, 0.05) is 25.2 Å². The SMILES string of the molecule is COc1ccccc1-c1nnc(SCc2cn3cccc(C)c3n2)n1C. The van der Waals surface area contributed by atoms with Gasteiger partial charge in [0.2, 0.25) is 0 Å². The van der Waals surface area contributed by atoms with E-state index in [1.807, 2.05) is 48.1 Å². The third kappa shape index (κ3) is 2.94. The summed E-state index contributed by atoms with van der Waals surface area (Å²) in [6, 6.07) is 11.9. The summed E-state index contributed by atoms with van der Waals surface area (Å²) in [5.41, 5.74) is 4.11. The molecule has 0 atom stereocenters. The molecule has 0 spiro atoms. The summed E-state index contributed by atoms with van der Waals surface area (Å²) in [6.07, 6.45) is 4.08. The van der Waals surface area contributed by atoms with Crippen molar-refractivity contribution in [1.29, 1.82) is 0 Å². The molecule has 7 heteroatoms. The second-order valence-electron chi connectivity index (χ2n) is 6.01. The van der Waals surface area contributed by atoms with E-state index in [0.29, 0.717) is 0 Å².